The highest BCUT2D eigenvalue weighted by molar-refractivity contribution is 6.01. The molecule has 0 fully saturated rings. The smallest absolute Gasteiger partial charge is 0.272 e. The molecule has 3 aromatic carbocycles. The number of nitrogens with one attached hydrogen (secondary N) is 2. The lowest BCUT2D eigenvalue weighted by Gasteiger charge is -2.05. The molecule has 0 aliphatic rings. The fraction of sp³-hybridized carbons (Fsp3) is 0.0417. The number of carbonyl (C=O) groups excluding carboxylic acids is 1. The molecule has 0 bridgehead atoms. The molecule has 158 valence electrons. The first-order valence-corrected chi connectivity index (χ1v) is 9.82. The van der Waals surface area contributed by atoms with E-state index in [9.17, 15) is 14.9 Å². The summed E-state index contributed by atoms with van der Waals surface area (Å²) in [5.41, 5.74) is 7.37. The van der Waals surface area contributed by atoms with E-state index in [1.165, 1.54) is 18.2 Å². The zero-order valence-electron chi connectivity index (χ0n) is 17.1. The summed E-state index contributed by atoms with van der Waals surface area (Å²) in [4.78, 5) is 22.9. The van der Waals surface area contributed by atoms with E-state index in [-0.39, 0.29) is 11.4 Å². The molecule has 1 amide bonds. The number of nitro benzene ring substituents is 1. The number of non-ortho nitro benzene ring substituents is 1. The van der Waals surface area contributed by atoms with Crippen molar-refractivity contribution < 1.29 is 9.72 Å². The number of hydrogen-bond acceptors (Lipinski definition) is 5. The number of amides is 1. The zero-order chi connectivity index (χ0) is 22.5. The number of nitrogens with zero attached hydrogens (tertiary/aromatic N) is 3. The first kappa shape index (κ1) is 20.7. The van der Waals surface area contributed by atoms with Gasteiger partial charge in [-0.1, -0.05) is 66.7 Å². The van der Waals surface area contributed by atoms with E-state index in [4.69, 9.17) is 0 Å². The van der Waals surface area contributed by atoms with Crippen LogP contribution in [0.25, 0.3) is 22.4 Å². The van der Waals surface area contributed by atoms with E-state index in [2.05, 4.69) is 20.7 Å². The van der Waals surface area contributed by atoms with Crippen molar-refractivity contribution in [1.29, 1.82) is 0 Å². The lowest BCUT2D eigenvalue weighted by Crippen LogP contribution is -2.19. The van der Waals surface area contributed by atoms with Crippen LogP contribution in [0.4, 0.5) is 5.69 Å². The maximum absolute atomic E-state index is 12.4. The van der Waals surface area contributed by atoms with E-state index in [0.717, 1.165) is 16.7 Å². The Labute approximate surface area is 183 Å². The third kappa shape index (κ3) is 4.59. The van der Waals surface area contributed by atoms with Gasteiger partial charge in [0, 0.05) is 17.7 Å². The molecule has 0 aliphatic carbocycles. The Morgan fingerprint density at radius 3 is 2.34 bits per heavy atom. The highest BCUT2D eigenvalue weighted by Gasteiger charge is 2.13. The van der Waals surface area contributed by atoms with E-state index < -0.39 is 10.8 Å². The van der Waals surface area contributed by atoms with Crippen LogP contribution in [0.5, 0.6) is 0 Å². The molecule has 0 saturated heterocycles. The van der Waals surface area contributed by atoms with Gasteiger partial charge in [0.05, 0.1) is 16.3 Å². The van der Waals surface area contributed by atoms with Crippen LogP contribution in [0.2, 0.25) is 0 Å². The Kier molecular flexibility index (Phi) is 5.85. The van der Waals surface area contributed by atoms with Crippen LogP contribution in [0.15, 0.2) is 90.0 Å². The minimum Gasteiger partial charge on any atom is -0.272 e. The Morgan fingerprint density at radius 2 is 1.62 bits per heavy atom. The molecule has 0 aliphatic heterocycles. The summed E-state index contributed by atoms with van der Waals surface area (Å²) in [7, 11) is 0. The summed E-state index contributed by atoms with van der Waals surface area (Å²) in [6.07, 6.45) is 0. The number of hydrogen-bond donors (Lipinski definition) is 2. The maximum atomic E-state index is 12.4. The van der Waals surface area contributed by atoms with Gasteiger partial charge < -0.3 is 0 Å². The molecule has 0 atom stereocenters. The normalized spacial score (nSPS) is 11.2. The zero-order valence-corrected chi connectivity index (χ0v) is 17.1. The van der Waals surface area contributed by atoms with Gasteiger partial charge in [0.25, 0.3) is 11.6 Å². The minimum absolute atomic E-state index is 0.0463. The van der Waals surface area contributed by atoms with Crippen LogP contribution < -0.4 is 5.43 Å². The molecule has 8 heteroatoms. The van der Waals surface area contributed by atoms with Crippen LogP contribution >= 0.6 is 0 Å². The molecule has 1 aromatic heterocycles. The Balaban J connectivity index is 1.44. The fourth-order valence-corrected chi connectivity index (χ4v) is 3.16. The average molecular weight is 425 g/mol. The summed E-state index contributed by atoms with van der Waals surface area (Å²) in [5.74, 6) is -0.463. The van der Waals surface area contributed by atoms with Gasteiger partial charge in [-0.15, -0.1) is 0 Å². The topological polar surface area (TPSA) is 113 Å². The van der Waals surface area contributed by atoms with Crippen LogP contribution in [0.1, 0.15) is 23.0 Å². The molecule has 2 N–H and O–H groups in total. The number of aromatic nitrogens is 2. The van der Waals surface area contributed by atoms with Crippen LogP contribution in [0.3, 0.4) is 0 Å². The fourth-order valence-electron chi connectivity index (χ4n) is 3.16. The first-order chi connectivity index (χ1) is 15.5. The third-order valence-electron chi connectivity index (χ3n) is 4.91. The van der Waals surface area contributed by atoms with E-state index in [1.54, 1.807) is 19.1 Å². The first-order valence-electron chi connectivity index (χ1n) is 9.82. The van der Waals surface area contributed by atoms with Crippen molar-refractivity contribution in [3.05, 3.63) is 106 Å². The summed E-state index contributed by atoms with van der Waals surface area (Å²) < 4.78 is 0. The van der Waals surface area contributed by atoms with Gasteiger partial charge >= 0.3 is 0 Å². The molecule has 4 aromatic rings. The van der Waals surface area contributed by atoms with Gasteiger partial charge in [-0.05, 0) is 29.7 Å². The second-order valence-corrected chi connectivity index (χ2v) is 7.06. The molecule has 0 saturated carbocycles. The van der Waals surface area contributed by atoms with Crippen LogP contribution in [-0.4, -0.2) is 26.7 Å². The number of hydrazone groups is 1. The summed E-state index contributed by atoms with van der Waals surface area (Å²) in [5, 5.41) is 21.8. The molecular formula is C24H19N5O3. The molecule has 0 unspecified atom stereocenters. The van der Waals surface area contributed by atoms with E-state index >= 15 is 0 Å². The molecule has 4 rings (SSSR count). The van der Waals surface area contributed by atoms with Crippen LogP contribution in [0, 0.1) is 10.1 Å². The van der Waals surface area contributed by atoms with Crippen molar-refractivity contribution >= 4 is 17.3 Å². The highest BCUT2D eigenvalue weighted by atomic mass is 16.6. The van der Waals surface area contributed by atoms with Gasteiger partial charge in [-0.2, -0.15) is 10.2 Å². The number of benzene rings is 3. The van der Waals surface area contributed by atoms with Gasteiger partial charge in [0.15, 0.2) is 0 Å². The highest BCUT2D eigenvalue weighted by Crippen LogP contribution is 2.23. The molecule has 0 spiro atoms. The molecule has 0 radical (unpaired) electrons. The SMILES string of the molecule is C/C(=N\NC(=O)c1cc(-c2cccc([N+](=O)[O-])c2)n[nH]1)c1ccc(-c2ccccc2)cc1. The third-order valence-corrected chi connectivity index (χ3v) is 4.91. The Morgan fingerprint density at radius 1 is 0.938 bits per heavy atom. The lowest BCUT2D eigenvalue weighted by atomic mass is 10.0. The quantitative estimate of drug-likeness (QED) is 0.262. The molecule has 32 heavy (non-hydrogen) atoms. The number of nitro groups is 1. The molecular weight excluding hydrogens is 406 g/mol. The van der Waals surface area contributed by atoms with Gasteiger partial charge in [0.2, 0.25) is 0 Å². The lowest BCUT2D eigenvalue weighted by molar-refractivity contribution is -0.384. The van der Waals surface area contributed by atoms with Crippen molar-refractivity contribution in [1.82, 2.24) is 15.6 Å². The number of aromatic amines is 1. The second kappa shape index (κ2) is 9.05. The van der Waals surface area contributed by atoms with Crippen molar-refractivity contribution in [2.45, 2.75) is 6.92 Å². The Bertz CT molecular complexity index is 1290. The summed E-state index contributed by atoms with van der Waals surface area (Å²) in [6, 6.07) is 25.5. The van der Waals surface area contributed by atoms with Crippen molar-refractivity contribution in [3.63, 3.8) is 0 Å². The predicted octanol–water partition coefficient (Wildman–Crippen LogP) is 4.81. The molecule has 1 heterocycles. The average Bonchev–Trinajstić information content (AvgIpc) is 3.34. The second-order valence-electron chi connectivity index (χ2n) is 7.06. The largest absolute Gasteiger partial charge is 0.289 e. The standard InChI is InChI=1S/C24H19N5O3/c1-16(17-10-12-19(13-11-17)18-6-3-2-4-7-18)25-28-24(30)23-15-22(26-27-23)20-8-5-9-21(14-20)29(31)32/h2-15H,1H3,(H,26,27)(H,28,30)/b25-16+. The van der Waals surface area contributed by atoms with Gasteiger partial charge in [-0.3, -0.25) is 20.0 Å². The minimum atomic E-state index is -0.479. The van der Waals surface area contributed by atoms with Crippen molar-refractivity contribution in [2.24, 2.45) is 5.10 Å². The number of carbonyl (C=O) groups is 1. The summed E-state index contributed by atoms with van der Waals surface area (Å²) >= 11 is 0. The predicted molar refractivity (Wildman–Crippen MR) is 122 cm³/mol. The van der Waals surface area contributed by atoms with E-state index in [0.29, 0.717) is 17.0 Å². The van der Waals surface area contributed by atoms with Crippen LogP contribution in [-0.2, 0) is 0 Å². The molecule has 8 nitrogen and oxygen atoms in total. The number of rotatable bonds is 6. The number of H-pyrrole nitrogens is 1. The van der Waals surface area contributed by atoms with E-state index in [1.807, 2.05) is 54.6 Å². The maximum Gasteiger partial charge on any atom is 0.289 e. The van der Waals surface area contributed by atoms with Crippen molar-refractivity contribution in [3.8, 4) is 22.4 Å². The monoisotopic (exact) mass is 425 g/mol. The summed E-state index contributed by atoms with van der Waals surface area (Å²) in [6.45, 7) is 1.80. The van der Waals surface area contributed by atoms with Gasteiger partial charge in [0.1, 0.15) is 5.69 Å². The Hall–Kier alpha value is -4.59. The van der Waals surface area contributed by atoms with Gasteiger partial charge in [-0.25, -0.2) is 5.43 Å². The van der Waals surface area contributed by atoms with Crippen molar-refractivity contribution in [2.75, 3.05) is 0 Å².